The smallest absolute Gasteiger partial charge is 0.321 e. The second-order valence-electron chi connectivity index (χ2n) is 8.31. The van der Waals surface area contributed by atoms with Crippen molar-refractivity contribution in [3.8, 4) is 0 Å². The maximum Gasteiger partial charge on any atom is 0.321 e. The van der Waals surface area contributed by atoms with Crippen LogP contribution < -0.4 is 10.6 Å². The summed E-state index contributed by atoms with van der Waals surface area (Å²) in [5.41, 5.74) is 0.167. The Balaban J connectivity index is 1.78. The van der Waals surface area contributed by atoms with Crippen molar-refractivity contribution in [2.45, 2.75) is 26.3 Å². The minimum Gasteiger partial charge on any atom is -0.345 e. The molecule has 2 saturated heterocycles. The van der Waals surface area contributed by atoms with E-state index in [2.05, 4.69) is 10.6 Å². The Morgan fingerprint density at radius 3 is 2.14 bits per heavy atom. The van der Waals surface area contributed by atoms with Crippen molar-refractivity contribution >= 4 is 35.3 Å². The van der Waals surface area contributed by atoms with Crippen LogP contribution in [0, 0.1) is 5.41 Å². The van der Waals surface area contributed by atoms with Crippen LogP contribution in [0.25, 0.3) is 0 Å². The zero-order chi connectivity index (χ0) is 21.2. The number of carbonyl (C=O) groups excluding carboxylic acids is 3. The first-order valence-electron chi connectivity index (χ1n) is 9.78. The van der Waals surface area contributed by atoms with Gasteiger partial charge in [0.1, 0.15) is 0 Å². The number of rotatable bonds is 2. The SMILES string of the molecule is CC(C)NC(=O)N1CCN(C(=O)Nc2ccc(Cl)cc2)CC2(CC(=O)N(C)C2)C1. The van der Waals surface area contributed by atoms with Crippen LogP contribution in [-0.2, 0) is 4.79 Å². The first-order valence-corrected chi connectivity index (χ1v) is 10.2. The van der Waals surface area contributed by atoms with Gasteiger partial charge in [0.25, 0.3) is 0 Å². The van der Waals surface area contributed by atoms with Crippen LogP contribution in [0.5, 0.6) is 0 Å². The maximum atomic E-state index is 12.9. The minimum absolute atomic E-state index is 0.0129. The van der Waals surface area contributed by atoms with Gasteiger partial charge in [0.2, 0.25) is 5.91 Å². The van der Waals surface area contributed by atoms with E-state index in [9.17, 15) is 14.4 Å². The Hall–Kier alpha value is -2.48. The van der Waals surface area contributed by atoms with Gasteiger partial charge in [0.05, 0.1) is 0 Å². The first-order chi connectivity index (χ1) is 13.7. The number of nitrogens with one attached hydrogen (secondary N) is 2. The van der Waals surface area contributed by atoms with E-state index in [0.29, 0.717) is 49.9 Å². The molecule has 0 aliphatic carbocycles. The molecule has 0 aromatic heterocycles. The summed E-state index contributed by atoms with van der Waals surface area (Å²) in [6.45, 7) is 5.98. The Morgan fingerprint density at radius 2 is 1.62 bits per heavy atom. The van der Waals surface area contributed by atoms with Crippen molar-refractivity contribution in [3.05, 3.63) is 29.3 Å². The second kappa shape index (κ2) is 8.49. The molecule has 2 fully saturated rings. The highest BCUT2D eigenvalue weighted by Gasteiger charge is 2.47. The summed E-state index contributed by atoms with van der Waals surface area (Å²) in [5.74, 6) is 0.0363. The van der Waals surface area contributed by atoms with Gasteiger partial charge in [-0.15, -0.1) is 0 Å². The van der Waals surface area contributed by atoms with Crippen LogP contribution in [0.1, 0.15) is 20.3 Å². The fraction of sp³-hybridized carbons (Fsp3) is 0.550. The van der Waals surface area contributed by atoms with Crippen LogP contribution in [-0.4, -0.2) is 78.5 Å². The Kier molecular flexibility index (Phi) is 6.21. The molecule has 1 unspecified atom stereocenters. The van der Waals surface area contributed by atoms with Gasteiger partial charge in [-0.2, -0.15) is 0 Å². The fourth-order valence-electron chi connectivity index (χ4n) is 3.99. The third-order valence-electron chi connectivity index (χ3n) is 5.30. The van der Waals surface area contributed by atoms with Crippen molar-refractivity contribution in [2.24, 2.45) is 5.41 Å². The van der Waals surface area contributed by atoms with E-state index in [1.54, 1.807) is 46.0 Å². The second-order valence-corrected chi connectivity index (χ2v) is 8.75. The Morgan fingerprint density at radius 1 is 1.03 bits per heavy atom. The number of benzene rings is 1. The number of hydrogen-bond donors (Lipinski definition) is 2. The molecule has 1 aromatic carbocycles. The van der Waals surface area contributed by atoms with E-state index in [1.807, 2.05) is 13.8 Å². The summed E-state index contributed by atoms with van der Waals surface area (Å²) >= 11 is 5.91. The molecule has 0 bridgehead atoms. The molecule has 1 aromatic rings. The van der Waals surface area contributed by atoms with Crippen LogP contribution in [0.15, 0.2) is 24.3 Å². The zero-order valence-corrected chi connectivity index (χ0v) is 17.8. The molecule has 2 heterocycles. The molecule has 1 spiro atoms. The van der Waals surface area contributed by atoms with Gasteiger partial charge in [0.15, 0.2) is 0 Å². The van der Waals surface area contributed by atoms with Crippen molar-refractivity contribution in [1.29, 1.82) is 0 Å². The lowest BCUT2D eigenvalue weighted by Gasteiger charge is -2.33. The maximum absolute atomic E-state index is 12.9. The van der Waals surface area contributed by atoms with Crippen molar-refractivity contribution < 1.29 is 14.4 Å². The molecule has 2 aliphatic heterocycles. The standard InChI is InChI=1S/C20H28ClN5O3/c1-14(2)22-18(28)25-8-9-26(13-20(12-25)10-17(27)24(3)11-20)19(29)23-16-6-4-15(21)5-7-16/h4-7,14H,8-13H2,1-3H3,(H,22,28)(H,23,29). The average Bonchev–Trinajstić information content (AvgIpc) is 2.80. The molecule has 0 radical (unpaired) electrons. The summed E-state index contributed by atoms with van der Waals surface area (Å²) in [5, 5.41) is 6.39. The summed E-state index contributed by atoms with van der Waals surface area (Å²) < 4.78 is 0. The molecular formula is C20H28ClN5O3. The lowest BCUT2D eigenvalue weighted by molar-refractivity contribution is -0.126. The molecule has 2 N–H and O–H groups in total. The van der Waals surface area contributed by atoms with E-state index >= 15 is 0 Å². The lowest BCUT2D eigenvalue weighted by atomic mass is 9.86. The third kappa shape index (κ3) is 5.12. The quantitative estimate of drug-likeness (QED) is 0.769. The highest BCUT2D eigenvalue weighted by Crippen LogP contribution is 2.34. The van der Waals surface area contributed by atoms with Gasteiger partial charge >= 0.3 is 12.1 Å². The van der Waals surface area contributed by atoms with E-state index in [0.717, 1.165) is 0 Å². The van der Waals surface area contributed by atoms with Crippen molar-refractivity contribution in [1.82, 2.24) is 20.0 Å². The fourth-order valence-corrected chi connectivity index (χ4v) is 4.12. The Labute approximate surface area is 176 Å². The number of hydrogen-bond acceptors (Lipinski definition) is 3. The van der Waals surface area contributed by atoms with Gasteiger partial charge < -0.3 is 25.3 Å². The van der Waals surface area contributed by atoms with Crippen LogP contribution in [0.2, 0.25) is 5.02 Å². The minimum atomic E-state index is -0.478. The number of halogens is 1. The number of urea groups is 2. The van der Waals surface area contributed by atoms with Crippen LogP contribution in [0.3, 0.4) is 0 Å². The zero-order valence-electron chi connectivity index (χ0n) is 17.1. The summed E-state index contributed by atoms with van der Waals surface area (Å²) in [7, 11) is 1.76. The van der Waals surface area contributed by atoms with Gasteiger partial charge in [0, 0.05) is 68.4 Å². The number of nitrogens with zero attached hydrogens (tertiary/aromatic N) is 3. The van der Waals surface area contributed by atoms with Crippen LogP contribution >= 0.6 is 11.6 Å². The molecular weight excluding hydrogens is 394 g/mol. The molecule has 5 amide bonds. The lowest BCUT2D eigenvalue weighted by Crippen LogP contribution is -2.49. The Bertz CT molecular complexity index is 785. The topological polar surface area (TPSA) is 85.0 Å². The molecule has 8 nitrogen and oxygen atoms in total. The normalized spacial score (nSPS) is 22.2. The van der Waals surface area contributed by atoms with Gasteiger partial charge in [-0.05, 0) is 38.1 Å². The molecule has 2 aliphatic rings. The number of carbonyl (C=O) groups is 3. The number of likely N-dealkylation sites (tertiary alicyclic amines) is 1. The number of amides is 5. The highest BCUT2D eigenvalue weighted by molar-refractivity contribution is 6.30. The van der Waals surface area contributed by atoms with Gasteiger partial charge in [-0.1, -0.05) is 11.6 Å². The van der Waals surface area contributed by atoms with Crippen molar-refractivity contribution in [3.63, 3.8) is 0 Å². The molecule has 29 heavy (non-hydrogen) atoms. The molecule has 158 valence electrons. The number of anilines is 1. The largest absolute Gasteiger partial charge is 0.345 e. The molecule has 3 rings (SSSR count). The summed E-state index contributed by atoms with van der Waals surface area (Å²) in [4.78, 5) is 43.0. The molecule has 0 saturated carbocycles. The average molecular weight is 422 g/mol. The van der Waals surface area contributed by atoms with E-state index in [-0.39, 0.29) is 24.0 Å². The van der Waals surface area contributed by atoms with Crippen LogP contribution in [0.4, 0.5) is 15.3 Å². The van der Waals surface area contributed by atoms with Gasteiger partial charge in [-0.3, -0.25) is 4.79 Å². The monoisotopic (exact) mass is 421 g/mol. The molecule has 9 heteroatoms. The van der Waals surface area contributed by atoms with E-state index < -0.39 is 5.41 Å². The van der Waals surface area contributed by atoms with Crippen molar-refractivity contribution in [2.75, 3.05) is 45.1 Å². The highest BCUT2D eigenvalue weighted by atomic mass is 35.5. The predicted octanol–water partition coefficient (Wildman–Crippen LogP) is 2.46. The van der Waals surface area contributed by atoms with E-state index in [4.69, 9.17) is 11.6 Å². The predicted molar refractivity (Wildman–Crippen MR) is 112 cm³/mol. The van der Waals surface area contributed by atoms with Gasteiger partial charge in [-0.25, -0.2) is 9.59 Å². The molecule has 1 atom stereocenters. The third-order valence-corrected chi connectivity index (χ3v) is 5.55. The first kappa shape index (κ1) is 21.2. The summed E-state index contributed by atoms with van der Waals surface area (Å²) in [6.07, 6.45) is 0.319. The van der Waals surface area contributed by atoms with E-state index in [1.165, 1.54) is 0 Å². The summed E-state index contributed by atoms with van der Waals surface area (Å²) in [6, 6.07) is 6.50.